The van der Waals surface area contributed by atoms with Gasteiger partial charge in [-0.25, -0.2) is 4.98 Å². The summed E-state index contributed by atoms with van der Waals surface area (Å²) in [7, 11) is 0. The van der Waals surface area contributed by atoms with Crippen molar-refractivity contribution in [3.05, 3.63) is 23.9 Å². The Hall–Kier alpha value is -0.540. The van der Waals surface area contributed by atoms with Gasteiger partial charge in [-0.2, -0.15) is 0 Å². The smallest absolute Gasteiger partial charge is 0.0960 e. The maximum atomic E-state index is 8.53. The van der Waals surface area contributed by atoms with Crippen molar-refractivity contribution in [1.29, 1.82) is 0 Å². The van der Waals surface area contributed by atoms with Gasteiger partial charge in [0.2, 0.25) is 0 Å². The summed E-state index contributed by atoms with van der Waals surface area (Å²) < 4.78 is 0. The summed E-state index contributed by atoms with van der Waals surface area (Å²) in [6.45, 7) is 2.22. The number of rotatable bonds is 3. The molecule has 0 amide bonds. The van der Waals surface area contributed by atoms with E-state index in [0.29, 0.717) is 0 Å². The number of pyridine rings is 1. The van der Waals surface area contributed by atoms with Gasteiger partial charge in [-0.1, -0.05) is 6.07 Å². The molecule has 1 aromatic heterocycles. The van der Waals surface area contributed by atoms with E-state index in [1.165, 1.54) is 5.56 Å². The molecule has 0 spiro atoms. The van der Waals surface area contributed by atoms with Crippen LogP contribution in [-0.4, -0.2) is 22.5 Å². The van der Waals surface area contributed by atoms with Crippen LogP contribution in [0.4, 0.5) is 0 Å². The van der Waals surface area contributed by atoms with Gasteiger partial charge in [0, 0.05) is 11.9 Å². The van der Waals surface area contributed by atoms with Crippen LogP contribution in [0.15, 0.2) is 23.4 Å². The second-order valence-electron chi connectivity index (χ2n) is 2.25. The minimum Gasteiger partial charge on any atom is -0.396 e. The molecule has 0 radical (unpaired) electrons. The maximum absolute atomic E-state index is 8.53. The summed E-state index contributed by atoms with van der Waals surface area (Å²) in [5.41, 5.74) is 1.17. The lowest BCUT2D eigenvalue weighted by molar-refractivity contribution is 0.322. The highest BCUT2D eigenvalue weighted by Gasteiger charge is 1.92. The number of nitrogens with zero attached hydrogens (tertiary/aromatic N) is 1. The Morgan fingerprint density at radius 2 is 2.36 bits per heavy atom. The van der Waals surface area contributed by atoms with Crippen LogP contribution in [0.5, 0.6) is 0 Å². The second-order valence-corrected chi connectivity index (χ2v) is 3.36. The average Bonchev–Trinajstić information content (AvgIpc) is 2.04. The Kier molecular flexibility index (Phi) is 3.39. The SMILES string of the molecule is Cc1ccc(SCCO)nc1. The number of thioether (sulfide) groups is 1. The van der Waals surface area contributed by atoms with Gasteiger partial charge in [0.1, 0.15) is 0 Å². The van der Waals surface area contributed by atoms with Crippen LogP contribution in [-0.2, 0) is 0 Å². The molecule has 3 heteroatoms. The lowest BCUT2D eigenvalue weighted by Crippen LogP contribution is -1.87. The molecule has 0 aliphatic carbocycles. The zero-order valence-electron chi connectivity index (χ0n) is 6.45. The molecule has 0 aliphatic heterocycles. The summed E-state index contributed by atoms with van der Waals surface area (Å²) in [4.78, 5) is 4.17. The van der Waals surface area contributed by atoms with Crippen molar-refractivity contribution < 1.29 is 5.11 Å². The van der Waals surface area contributed by atoms with Crippen molar-refractivity contribution in [2.75, 3.05) is 12.4 Å². The van der Waals surface area contributed by atoms with E-state index in [4.69, 9.17) is 5.11 Å². The highest BCUT2D eigenvalue weighted by atomic mass is 32.2. The van der Waals surface area contributed by atoms with E-state index in [1.807, 2.05) is 25.3 Å². The topological polar surface area (TPSA) is 33.1 Å². The first-order valence-electron chi connectivity index (χ1n) is 3.49. The Morgan fingerprint density at radius 1 is 1.55 bits per heavy atom. The number of hydrogen-bond acceptors (Lipinski definition) is 3. The van der Waals surface area contributed by atoms with E-state index in [1.54, 1.807) is 11.8 Å². The predicted molar refractivity (Wildman–Crippen MR) is 46.8 cm³/mol. The van der Waals surface area contributed by atoms with Gasteiger partial charge in [-0.05, 0) is 18.6 Å². The molecule has 0 fully saturated rings. The fourth-order valence-corrected chi connectivity index (χ4v) is 1.28. The molecule has 0 unspecified atom stereocenters. The zero-order chi connectivity index (χ0) is 8.10. The number of aryl methyl sites for hydroxylation is 1. The molecule has 1 aromatic rings. The Balaban J connectivity index is 2.52. The molecule has 0 aliphatic rings. The quantitative estimate of drug-likeness (QED) is 0.696. The molecular weight excluding hydrogens is 158 g/mol. The average molecular weight is 169 g/mol. The van der Waals surface area contributed by atoms with Gasteiger partial charge in [-0.3, -0.25) is 0 Å². The largest absolute Gasteiger partial charge is 0.396 e. The van der Waals surface area contributed by atoms with Gasteiger partial charge in [-0.15, -0.1) is 11.8 Å². The van der Waals surface area contributed by atoms with Gasteiger partial charge in [0.05, 0.1) is 11.6 Å². The maximum Gasteiger partial charge on any atom is 0.0960 e. The second kappa shape index (κ2) is 4.36. The monoisotopic (exact) mass is 169 g/mol. The highest BCUT2D eigenvalue weighted by molar-refractivity contribution is 7.99. The van der Waals surface area contributed by atoms with Crippen molar-refractivity contribution in [3.8, 4) is 0 Å². The normalized spacial score (nSPS) is 10.0. The standard InChI is InChI=1S/C8H11NOS/c1-7-2-3-8(9-6-7)11-5-4-10/h2-3,6,10H,4-5H2,1H3. The number of hydrogen-bond donors (Lipinski definition) is 1. The molecule has 0 saturated heterocycles. The lowest BCUT2D eigenvalue weighted by Gasteiger charge is -1.97. The highest BCUT2D eigenvalue weighted by Crippen LogP contribution is 2.13. The Bertz CT molecular complexity index is 210. The van der Waals surface area contributed by atoms with Crippen LogP contribution in [0.1, 0.15) is 5.56 Å². The van der Waals surface area contributed by atoms with E-state index in [9.17, 15) is 0 Å². The minimum absolute atomic E-state index is 0.209. The van der Waals surface area contributed by atoms with Crippen LogP contribution in [0.2, 0.25) is 0 Å². The number of aliphatic hydroxyl groups is 1. The van der Waals surface area contributed by atoms with Crippen molar-refractivity contribution in [2.24, 2.45) is 0 Å². The number of aliphatic hydroxyl groups excluding tert-OH is 1. The van der Waals surface area contributed by atoms with Gasteiger partial charge < -0.3 is 5.11 Å². The van der Waals surface area contributed by atoms with Crippen molar-refractivity contribution >= 4 is 11.8 Å². The van der Waals surface area contributed by atoms with Crippen LogP contribution in [0.25, 0.3) is 0 Å². The predicted octanol–water partition coefficient (Wildman–Crippen LogP) is 1.47. The first-order valence-corrected chi connectivity index (χ1v) is 4.48. The molecule has 0 bridgehead atoms. The van der Waals surface area contributed by atoms with Crippen LogP contribution in [0.3, 0.4) is 0 Å². The molecule has 60 valence electrons. The summed E-state index contributed by atoms with van der Waals surface area (Å²) in [6.07, 6.45) is 1.83. The molecule has 11 heavy (non-hydrogen) atoms. The van der Waals surface area contributed by atoms with Crippen LogP contribution in [0, 0.1) is 6.92 Å². The molecule has 0 aromatic carbocycles. The molecule has 1 rings (SSSR count). The van der Waals surface area contributed by atoms with E-state index in [2.05, 4.69) is 4.98 Å². The Morgan fingerprint density at radius 3 is 2.91 bits per heavy atom. The van der Waals surface area contributed by atoms with Gasteiger partial charge in [0.25, 0.3) is 0 Å². The van der Waals surface area contributed by atoms with E-state index >= 15 is 0 Å². The fourth-order valence-electron chi connectivity index (χ4n) is 0.690. The number of aromatic nitrogens is 1. The summed E-state index contributed by atoms with van der Waals surface area (Å²) >= 11 is 1.57. The van der Waals surface area contributed by atoms with Crippen molar-refractivity contribution in [2.45, 2.75) is 11.9 Å². The van der Waals surface area contributed by atoms with Crippen LogP contribution >= 0.6 is 11.8 Å². The van der Waals surface area contributed by atoms with Gasteiger partial charge in [0.15, 0.2) is 0 Å². The summed E-state index contributed by atoms with van der Waals surface area (Å²) in [5, 5.41) is 9.51. The molecule has 0 atom stereocenters. The lowest BCUT2D eigenvalue weighted by atomic mass is 10.3. The fraction of sp³-hybridized carbons (Fsp3) is 0.375. The first kappa shape index (κ1) is 8.56. The molecule has 1 N–H and O–H groups in total. The molecule has 1 heterocycles. The van der Waals surface area contributed by atoms with Crippen molar-refractivity contribution in [3.63, 3.8) is 0 Å². The Labute approximate surface area is 70.7 Å². The third kappa shape index (κ3) is 2.91. The van der Waals surface area contributed by atoms with Crippen LogP contribution < -0.4 is 0 Å². The van der Waals surface area contributed by atoms with Gasteiger partial charge >= 0.3 is 0 Å². The summed E-state index contributed by atoms with van der Waals surface area (Å²) in [6, 6.07) is 3.99. The van der Waals surface area contributed by atoms with E-state index in [-0.39, 0.29) is 6.61 Å². The minimum atomic E-state index is 0.209. The third-order valence-electron chi connectivity index (χ3n) is 1.23. The van der Waals surface area contributed by atoms with E-state index < -0.39 is 0 Å². The molecule has 0 saturated carbocycles. The first-order chi connectivity index (χ1) is 5.33. The third-order valence-corrected chi connectivity index (χ3v) is 2.15. The molecule has 2 nitrogen and oxygen atoms in total. The summed E-state index contributed by atoms with van der Waals surface area (Å²) in [5.74, 6) is 0.718. The zero-order valence-corrected chi connectivity index (χ0v) is 7.27. The molecular formula is C8H11NOS. The van der Waals surface area contributed by atoms with E-state index in [0.717, 1.165) is 10.8 Å². The van der Waals surface area contributed by atoms with Crippen molar-refractivity contribution in [1.82, 2.24) is 4.98 Å².